The van der Waals surface area contributed by atoms with E-state index < -0.39 is 0 Å². The fourth-order valence-corrected chi connectivity index (χ4v) is 2.79. The first kappa shape index (κ1) is 14.2. The van der Waals surface area contributed by atoms with Crippen molar-refractivity contribution in [1.82, 2.24) is 9.97 Å². The van der Waals surface area contributed by atoms with Gasteiger partial charge in [0.25, 0.3) is 0 Å². The highest BCUT2D eigenvalue weighted by atomic mass is 32.1. The molecule has 4 nitrogen and oxygen atoms in total. The van der Waals surface area contributed by atoms with Gasteiger partial charge in [0.15, 0.2) is 0 Å². The number of thiophene rings is 1. The second-order valence-electron chi connectivity index (χ2n) is 4.56. The number of rotatable bonds is 8. The van der Waals surface area contributed by atoms with Gasteiger partial charge in [-0.25, -0.2) is 9.97 Å². The van der Waals surface area contributed by atoms with Gasteiger partial charge >= 0.3 is 0 Å². The lowest BCUT2D eigenvalue weighted by Crippen LogP contribution is -2.07. The molecule has 0 aliphatic rings. The summed E-state index contributed by atoms with van der Waals surface area (Å²) in [7, 11) is 0. The van der Waals surface area contributed by atoms with Crippen molar-refractivity contribution >= 4 is 27.4 Å². The Bertz CT molecular complexity index is 512. The van der Waals surface area contributed by atoms with Crippen molar-refractivity contribution in [3.05, 3.63) is 17.3 Å². The summed E-state index contributed by atoms with van der Waals surface area (Å²) in [5.41, 5.74) is 2.27. The van der Waals surface area contributed by atoms with Crippen LogP contribution in [0, 0.1) is 6.92 Å². The van der Waals surface area contributed by atoms with E-state index in [2.05, 4.69) is 34.5 Å². The molecular formula is C14H21N3OS. The van der Waals surface area contributed by atoms with Crippen LogP contribution in [0.1, 0.15) is 31.7 Å². The van der Waals surface area contributed by atoms with E-state index in [0.29, 0.717) is 0 Å². The van der Waals surface area contributed by atoms with Crippen LogP contribution in [0.2, 0.25) is 0 Å². The maximum atomic E-state index is 5.53. The predicted octanol–water partition coefficient (Wildman–Crippen LogP) is 3.62. The molecule has 0 saturated heterocycles. The lowest BCUT2D eigenvalue weighted by Gasteiger charge is -2.06. The van der Waals surface area contributed by atoms with Gasteiger partial charge in [-0.3, -0.25) is 0 Å². The lowest BCUT2D eigenvalue weighted by molar-refractivity contribution is 0.131. The summed E-state index contributed by atoms with van der Waals surface area (Å²) in [4.78, 5) is 8.63. The summed E-state index contributed by atoms with van der Waals surface area (Å²) in [6, 6.07) is 0. The van der Waals surface area contributed by atoms with E-state index in [1.807, 2.05) is 0 Å². The van der Waals surface area contributed by atoms with E-state index in [9.17, 15) is 0 Å². The monoisotopic (exact) mass is 279 g/mol. The van der Waals surface area contributed by atoms with Gasteiger partial charge < -0.3 is 10.1 Å². The molecule has 2 aromatic heterocycles. The molecule has 5 heteroatoms. The van der Waals surface area contributed by atoms with E-state index in [4.69, 9.17) is 4.74 Å². The van der Waals surface area contributed by atoms with Gasteiger partial charge in [-0.05, 0) is 30.7 Å². The number of nitrogens with one attached hydrogen (secondary N) is 1. The number of ether oxygens (including phenoxy) is 1. The second kappa shape index (κ2) is 7.40. The quantitative estimate of drug-likeness (QED) is 0.750. The fraction of sp³-hybridized carbons (Fsp3) is 0.571. The molecule has 2 rings (SSSR count). The van der Waals surface area contributed by atoms with Gasteiger partial charge in [0.05, 0.1) is 10.2 Å². The summed E-state index contributed by atoms with van der Waals surface area (Å²) >= 11 is 1.70. The van der Waals surface area contributed by atoms with Crippen molar-refractivity contribution in [2.45, 2.75) is 33.1 Å². The summed E-state index contributed by atoms with van der Waals surface area (Å²) in [5.74, 6) is 0.941. The molecule has 0 radical (unpaired) electrons. The van der Waals surface area contributed by atoms with Crippen LogP contribution in [0.15, 0.2) is 11.7 Å². The molecule has 1 N–H and O–H groups in total. The maximum Gasteiger partial charge on any atom is 0.147 e. The molecule has 2 heterocycles. The first-order valence-corrected chi connectivity index (χ1v) is 7.71. The number of aromatic nitrogens is 2. The van der Waals surface area contributed by atoms with Crippen molar-refractivity contribution in [2.75, 3.05) is 25.1 Å². The van der Waals surface area contributed by atoms with Gasteiger partial charge in [-0.2, -0.15) is 0 Å². The topological polar surface area (TPSA) is 47.0 Å². The highest BCUT2D eigenvalue weighted by Gasteiger charge is 2.07. The number of nitrogens with zero attached hydrogens (tertiary/aromatic N) is 2. The van der Waals surface area contributed by atoms with E-state index in [0.717, 1.165) is 48.6 Å². The molecule has 0 bridgehead atoms. The molecule has 19 heavy (non-hydrogen) atoms. The van der Waals surface area contributed by atoms with Gasteiger partial charge in [0, 0.05) is 19.8 Å². The smallest absolute Gasteiger partial charge is 0.147 e. The Morgan fingerprint density at radius 1 is 1.26 bits per heavy atom. The Morgan fingerprint density at radius 2 is 2.11 bits per heavy atom. The molecule has 0 aliphatic heterocycles. The second-order valence-corrected chi connectivity index (χ2v) is 5.44. The van der Waals surface area contributed by atoms with Crippen molar-refractivity contribution in [2.24, 2.45) is 0 Å². The highest BCUT2D eigenvalue weighted by Crippen LogP contribution is 2.28. The molecule has 0 unspecified atom stereocenters. The Balaban J connectivity index is 1.79. The first-order valence-electron chi connectivity index (χ1n) is 6.83. The molecule has 0 atom stereocenters. The normalized spacial score (nSPS) is 11.1. The average Bonchev–Trinajstić information content (AvgIpc) is 2.81. The molecule has 0 saturated carbocycles. The molecule has 0 aromatic carbocycles. The minimum Gasteiger partial charge on any atom is -0.381 e. The summed E-state index contributed by atoms with van der Waals surface area (Å²) in [5, 5.41) is 5.49. The number of unbranched alkanes of at least 4 members (excludes halogenated alkanes) is 1. The van der Waals surface area contributed by atoms with Gasteiger partial charge in [0.1, 0.15) is 12.1 Å². The number of hydrogen-bond donors (Lipinski definition) is 1. The first-order chi connectivity index (χ1) is 9.33. The summed E-state index contributed by atoms with van der Waals surface area (Å²) in [6.45, 7) is 6.82. The van der Waals surface area contributed by atoms with E-state index in [-0.39, 0.29) is 0 Å². The average molecular weight is 279 g/mol. The minimum atomic E-state index is 0.810. The Morgan fingerprint density at radius 3 is 2.95 bits per heavy atom. The zero-order valence-electron chi connectivity index (χ0n) is 11.6. The standard InChI is InChI=1S/C14H21N3OS/c1-3-4-7-18-8-5-6-15-14-13-12(16-10-17-14)11(2)9-19-13/h9-10H,3-8H2,1-2H3,(H,15,16,17). The van der Waals surface area contributed by atoms with Crippen molar-refractivity contribution < 1.29 is 4.74 Å². The predicted molar refractivity (Wildman–Crippen MR) is 81.0 cm³/mol. The third kappa shape index (κ3) is 3.88. The van der Waals surface area contributed by atoms with Crippen LogP contribution in [0.5, 0.6) is 0 Å². The van der Waals surface area contributed by atoms with Crippen LogP contribution >= 0.6 is 11.3 Å². The van der Waals surface area contributed by atoms with Crippen LogP contribution < -0.4 is 5.32 Å². The zero-order chi connectivity index (χ0) is 13.5. The number of hydrogen-bond acceptors (Lipinski definition) is 5. The summed E-state index contributed by atoms with van der Waals surface area (Å²) in [6.07, 6.45) is 4.96. The van der Waals surface area contributed by atoms with Gasteiger partial charge in [-0.15, -0.1) is 11.3 Å². The van der Waals surface area contributed by atoms with Crippen LogP contribution in [-0.4, -0.2) is 29.7 Å². The van der Waals surface area contributed by atoms with E-state index >= 15 is 0 Å². The van der Waals surface area contributed by atoms with Crippen molar-refractivity contribution in [1.29, 1.82) is 0 Å². The minimum absolute atomic E-state index is 0.810. The lowest BCUT2D eigenvalue weighted by atomic mass is 10.3. The Hall–Kier alpha value is -1.20. The van der Waals surface area contributed by atoms with Crippen LogP contribution in [0.3, 0.4) is 0 Å². The number of fused-ring (bicyclic) bond motifs is 1. The Kier molecular flexibility index (Phi) is 5.54. The maximum absolute atomic E-state index is 5.53. The molecule has 0 spiro atoms. The fourth-order valence-electron chi connectivity index (χ4n) is 1.82. The molecule has 2 aromatic rings. The van der Waals surface area contributed by atoms with Gasteiger partial charge in [-0.1, -0.05) is 13.3 Å². The van der Waals surface area contributed by atoms with Crippen LogP contribution in [0.4, 0.5) is 5.82 Å². The van der Waals surface area contributed by atoms with E-state index in [1.54, 1.807) is 17.7 Å². The van der Waals surface area contributed by atoms with E-state index in [1.165, 1.54) is 12.0 Å². The summed E-state index contributed by atoms with van der Waals surface area (Å²) < 4.78 is 6.68. The van der Waals surface area contributed by atoms with Crippen LogP contribution in [0.25, 0.3) is 10.2 Å². The zero-order valence-corrected chi connectivity index (χ0v) is 12.4. The number of anilines is 1. The number of aryl methyl sites for hydroxylation is 1. The van der Waals surface area contributed by atoms with Crippen molar-refractivity contribution in [3.63, 3.8) is 0 Å². The molecule has 0 amide bonds. The Labute approximate surface area is 118 Å². The van der Waals surface area contributed by atoms with Crippen molar-refractivity contribution in [3.8, 4) is 0 Å². The molecule has 104 valence electrons. The van der Waals surface area contributed by atoms with Gasteiger partial charge in [0.2, 0.25) is 0 Å². The largest absolute Gasteiger partial charge is 0.381 e. The van der Waals surface area contributed by atoms with Crippen LogP contribution in [-0.2, 0) is 4.74 Å². The SMILES string of the molecule is CCCCOCCCNc1ncnc2c(C)csc12. The highest BCUT2D eigenvalue weighted by molar-refractivity contribution is 7.18. The molecule has 0 aliphatic carbocycles. The third-order valence-corrected chi connectivity index (χ3v) is 4.02. The third-order valence-electron chi connectivity index (χ3n) is 2.93. The molecule has 0 fully saturated rings. The molecular weight excluding hydrogens is 258 g/mol.